The molecule has 0 spiro atoms. The average Bonchev–Trinajstić information content (AvgIpc) is 3.23. The van der Waals surface area contributed by atoms with E-state index in [1.54, 1.807) is 24.3 Å². The van der Waals surface area contributed by atoms with E-state index >= 15 is 0 Å². The zero-order chi connectivity index (χ0) is 21.9. The van der Waals surface area contributed by atoms with Crippen molar-refractivity contribution in [2.45, 2.75) is 19.2 Å². The Labute approximate surface area is 170 Å². The van der Waals surface area contributed by atoms with Crippen LogP contribution in [0.4, 0.5) is 13.2 Å². The number of furan rings is 1. The van der Waals surface area contributed by atoms with Crippen molar-refractivity contribution in [3.63, 3.8) is 0 Å². The molecule has 156 valence electrons. The molecule has 0 saturated heterocycles. The smallest absolute Gasteiger partial charge is 0.416 e. The molecule has 0 aliphatic carbocycles. The minimum Gasteiger partial charge on any atom is -0.497 e. The first kappa shape index (κ1) is 21.2. The Morgan fingerprint density at radius 2 is 1.70 bits per heavy atom. The minimum atomic E-state index is -4.50. The summed E-state index contributed by atoms with van der Waals surface area (Å²) in [6.45, 7) is 1.42. The molecule has 0 bridgehead atoms. The van der Waals surface area contributed by atoms with Crippen molar-refractivity contribution in [3.8, 4) is 17.1 Å². The summed E-state index contributed by atoms with van der Waals surface area (Å²) >= 11 is 0. The molecule has 1 atom stereocenters. The van der Waals surface area contributed by atoms with Crippen molar-refractivity contribution in [3.05, 3.63) is 77.6 Å². The van der Waals surface area contributed by atoms with Gasteiger partial charge in [0.1, 0.15) is 11.5 Å². The lowest BCUT2D eigenvalue weighted by molar-refractivity contribution is -0.137. The van der Waals surface area contributed by atoms with Crippen LogP contribution in [0.1, 0.15) is 33.4 Å². The predicted molar refractivity (Wildman–Crippen MR) is 101 cm³/mol. The molecule has 1 heterocycles. The summed E-state index contributed by atoms with van der Waals surface area (Å²) in [4.78, 5) is 24.7. The number of hydrogen-bond acceptors (Lipinski definition) is 5. The van der Waals surface area contributed by atoms with Crippen LogP contribution in [0.25, 0.3) is 11.3 Å². The number of ether oxygens (including phenoxy) is 2. The average molecular weight is 418 g/mol. The van der Waals surface area contributed by atoms with Crippen molar-refractivity contribution >= 4 is 11.8 Å². The van der Waals surface area contributed by atoms with Crippen LogP contribution in [-0.4, -0.2) is 25.0 Å². The predicted octanol–water partition coefficient (Wildman–Crippen LogP) is 5.40. The summed E-state index contributed by atoms with van der Waals surface area (Å²) in [6.07, 6.45) is -5.59. The van der Waals surface area contributed by atoms with Gasteiger partial charge in [-0.1, -0.05) is 12.1 Å². The third-order valence-corrected chi connectivity index (χ3v) is 4.31. The maximum absolute atomic E-state index is 12.9. The monoisotopic (exact) mass is 418 g/mol. The fourth-order valence-corrected chi connectivity index (χ4v) is 2.71. The van der Waals surface area contributed by atoms with E-state index in [1.807, 2.05) is 0 Å². The lowest BCUT2D eigenvalue weighted by Gasteiger charge is -2.11. The summed E-state index contributed by atoms with van der Waals surface area (Å²) in [5, 5.41) is 0. The number of hydrogen-bond donors (Lipinski definition) is 0. The van der Waals surface area contributed by atoms with Crippen LogP contribution in [-0.2, 0) is 10.9 Å². The van der Waals surface area contributed by atoms with Gasteiger partial charge in [-0.05, 0) is 55.5 Å². The molecular formula is C22H17F3O5. The molecule has 8 heteroatoms. The minimum absolute atomic E-state index is 0.0715. The molecule has 2 aromatic carbocycles. The van der Waals surface area contributed by atoms with Gasteiger partial charge < -0.3 is 13.9 Å². The molecule has 0 radical (unpaired) electrons. The third kappa shape index (κ3) is 4.71. The zero-order valence-corrected chi connectivity index (χ0v) is 16.0. The van der Waals surface area contributed by atoms with Gasteiger partial charge in [0.05, 0.1) is 12.7 Å². The van der Waals surface area contributed by atoms with Gasteiger partial charge in [-0.15, -0.1) is 0 Å². The van der Waals surface area contributed by atoms with Crippen molar-refractivity contribution in [1.82, 2.24) is 0 Å². The molecule has 0 fully saturated rings. The fourth-order valence-electron chi connectivity index (χ4n) is 2.71. The number of carbonyl (C=O) groups is 2. The molecule has 0 saturated carbocycles. The molecule has 0 aliphatic heterocycles. The Bertz CT molecular complexity index is 1050. The quantitative estimate of drug-likeness (QED) is 0.396. The summed E-state index contributed by atoms with van der Waals surface area (Å²) in [7, 11) is 1.50. The second-order valence-corrected chi connectivity index (χ2v) is 6.38. The number of esters is 1. The van der Waals surface area contributed by atoms with Crippen LogP contribution < -0.4 is 4.74 Å². The highest BCUT2D eigenvalue weighted by molar-refractivity contribution is 6.01. The van der Waals surface area contributed by atoms with Gasteiger partial charge in [0.15, 0.2) is 6.10 Å². The van der Waals surface area contributed by atoms with Gasteiger partial charge in [0.2, 0.25) is 11.5 Å². The van der Waals surface area contributed by atoms with E-state index in [0.717, 1.165) is 12.1 Å². The van der Waals surface area contributed by atoms with Gasteiger partial charge in [0.25, 0.3) is 0 Å². The first-order chi connectivity index (χ1) is 14.2. The molecule has 3 aromatic rings. The first-order valence-electron chi connectivity index (χ1n) is 8.86. The van der Waals surface area contributed by atoms with Crippen LogP contribution in [0.5, 0.6) is 5.75 Å². The van der Waals surface area contributed by atoms with Gasteiger partial charge in [0, 0.05) is 11.1 Å². The summed E-state index contributed by atoms with van der Waals surface area (Å²) in [5.41, 5.74) is -0.342. The molecule has 0 amide bonds. The normalized spacial score (nSPS) is 12.3. The van der Waals surface area contributed by atoms with Gasteiger partial charge >= 0.3 is 12.1 Å². The van der Waals surface area contributed by atoms with Crippen LogP contribution in [0, 0.1) is 0 Å². The van der Waals surface area contributed by atoms with Crippen LogP contribution in [0.15, 0.2) is 65.1 Å². The van der Waals surface area contributed by atoms with Crippen molar-refractivity contribution in [2.24, 2.45) is 0 Å². The number of alkyl halides is 3. The largest absolute Gasteiger partial charge is 0.497 e. The second kappa shape index (κ2) is 8.44. The molecule has 3 rings (SSSR count). The number of ketones is 1. The fraction of sp³-hybridized carbons (Fsp3) is 0.182. The van der Waals surface area contributed by atoms with E-state index < -0.39 is 29.6 Å². The molecule has 0 aliphatic rings. The molecule has 1 aromatic heterocycles. The Kier molecular flexibility index (Phi) is 5.96. The second-order valence-electron chi connectivity index (χ2n) is 6.38. The Morgan fingerprint density at radius 1 is 1.00 bits per heavy atom. The summed E-state index contributed by atoms with van der Waals surface area (Å²) in [5.74, 6) is -0.897. The Balaban J connectivity index is 1.71. The molecule has 0 N–H and O–H groups in total. The molecule has 5 nitrogen and oxygen atoms in total. The number of rotatable bonds is 6. The van der Waals surface area contributed by atoms with Crippen LogP contribution >= 0.6 is 0 Å². The summed E-state index contributed by atoms with van der Waals surface area (Å²) < 4.78 is 54.1. The number of methoxy groups -OCH3 is 1. The van der Waals surface area contributed by atoms with Crippen molar-refractivity contribution in [1.29, 1.82) is 0 Å². The lowest BCUT2D eigenvalue weighted by atomic mass is 10.1. The highest BCUT2D eigenvalue weighted by Crippen LogP contribution is 2.32. The van der Waals surface area contributed by atoms with E-state index in [9.17, 15) is 22.8 Å². The molecular weight excluding hydrogens is 401 g/mol. The number of benzene rings is 2. The zero-order valence-electron chi connectivity index (χ0n) is 16.0. The highest BCUT2D eigenvalue weighted by atomic mass is 19.4. The number of halogens is 3. The lowest BCUT2D eigenvalue weighted by Crippen LogP contribution is -2.24. The summed E-state index contributed by atoms with van der Waals surface area (Å²) in [6, 6.07) is 13.5. The SMILES string of the molecule is COc1ccc(C(=O)C(C)OC(=O)c2ccc(-c3cccc(C(F)(F)F)c3)o2)cc1. The maximum atomic E-state index is 12.9. The molecule has 30 heavy (non-hydrogen) atoms. The number of Topliss-reactive ketones (excluding diaryl/α,β-unsaturated/α-hetero) is 1. The van der Waals surface area contributed by atoms with E-state index in [1.165, 1.54) is 38.3 Å². The van der Waals surface area contributed by atoms with Gasteiger partial charge in [-0.2, -0.15) is 13.2 Å². The Hall–Kier alpha value is -3.55. The third-order valence-electron chi connectivity index (χ3n) is 4.31. The van der Waals surface area contributed by atoms with E-state index in [2.05, 4.69) is 0 Å². The first-order valence-corrected chi connectivity index (χ1v) is 8.86. The van der Waals surface area contributed by atoms with E-state index in [4.69, 9.17) is 13.9 Å². The van der Waals surface area contributed by atoms with Crippen LogP contribution in [0.3, 0.4) is 0 Å². The van der Waals surface area contributed by atoms with E-state index in [-0.39, 0.29) is 17.1 Å². The van der Waals surface area contributed by atoms with Gasteiger partial charge in [-0.3, -0.25) is 4.79 Å². The number of carbonyl (C=O) groups excluding carboxylic acids is 2. The van der Waals surface area contributed by atoms with Crippen molar-refractivity contribution < 1.29 is 36.7 Å². The van der Waals surface area contributed by atoms with Crippen molar-refractivity contribution in [2.75, 3.05) is 7.11 Å². The Morgan fingerprint density at radius 3 is 2.33 bits per heavy atom. The van der Waals surface area contributed by atoms with Crippen LogP contribution in [0.2, 0.25) is 0 Å². The van der Waals surface area contributed by atoms with Gasteiger partial charge in [-0.25, -0.2) is 4.79 Å². The van der Waals surface area contributed by atoms with E-state index in [0.29, 0.717) is 11.3 Å². The highest BCUT2D eigenvalue weighted by Gasteiger charge is 2.31. The standard InChI is InChI=1S/C22H17F3O5/c1-13(20(26)14-6-8-17(28-2)9-7-14)29-21(27)19-11-10-18(30-19)15-4-3-5-16(12-15)22(23,24)25/h3-13H,1-2H3. The topological polar surface area (TPSA) is 65.7 Å². The molecule has 1 unspecified atom stereocenters. The maximum Gasteiger partial charge on any atom is 0.416 e.